The van der Waals surface area contributed by atoms with Crippen molar-refractivity contribution in [3.05, 3.63) is 28.3 Å². The van der Waals surface area contributed by atoms with E-state index in [1.165, 1.54) is 6.33 Å². The van der Waals surface area contributed by atoms with Crippen molar-refractivity contribution in [2.75, 3.05) is 23.8 Å². The van der Waals surface area contributed by atoms with Gasteiger partial charge in [-0.3, -0.25) is 0 Å². The van der Waals surface area contributed by atoms with Crippen molar-refractivity contribution in [3.63, 3.8) is 0 Å². The Bertz CT molecular complexity index is 577. The van der Waals surface area contributed by atoms with Crippen LogP contribution < -0.4 is 10.2 Å². The van der Waals surface area contributed by atoms with E-state index in [9.17, 15) is 0 Å². The van der Waals surface area contributed by atoms with Gasteiger partial charge in [0.25, 0.3) is 0 Å². The third kappa shape index (κ3) is 3.18. The summed E-state index contributed by atoms with van der Waals surface area (Å²) < 4.78 is 1.03. The number of nitrogens with zero attached hydrogens (tertiary/aromatic N) is 4. The van der Waals surface area contributed by atoms with Crippen molar-refractivity contribution in [1.82, 2.24) is 9.97 Å². The lowest BCUT2D eigenvalue weighted by Crippen LogP contribution is -2.18. The van der Waals surface area contributed by atoms with Crippen molar-refractivity contribution in [1.29, 1.82) is 5.26 Å². The van der Waals surface area contributed by atoms with E-state index in [0.29, 0.717) is 18.2 Å². The Kier molecular flexibility index (Phi) is 4.12. The van der Waals surface area contributed by atoms with E-state index in [0.717, 1.165) is 9.47 Å². The Labute approximate surface area is 117 Å². The van der Waals surface area contributed by atoms with E-state index >= 15 is 0 Å². The molecule has 7 heteroatoms. The van der Waals surface area contributed by atoms with Crippen LogP contribution in [-0.2, 0) is 0 Å². The van der Waals surface area contributed by atoms with Gasteiger partial charge in [-0.2, -0.15) is 5.26 Å². The molecule has 0 fully saturated rings. The lowest BCUT2D eigenvalue weighted by atomic mass is 10.4. The van der Waals surface area contributed by atoms with Gasteiger partial charge in [0.15, 0.2) is 0 Å². The molecule has 0 aliphatic rings. The van der Waals surface area contributed by atoms with E-state index in [2.05, 4.69) is 37.3 Å². The van der Waals surface area contributed by atoms with Crippen LogP contribution in [-0.4, -0.2) is 23.6 Å². The van der Waals surface area contributed by atoms with Crippen LogP contribution in [0.4, 0.5) is 16.6 Å². The maximum absolute atomic E-state index is 8.65. The minimum Gasteiger partial charge on any atom is -0.346 e. The third-order valence-corrected chi connectivity index (χ3v) is 3.78. The topological polar surface area (TPSA) is 64.8 Å². The van der Waals surface area contributed by atoms with Gasteiger partial charge in [0.1, 0.15) is 24.5 Å². The summed E-state index contributed by atoms with van der Waals surface area (Å²) >= 11 is 4.98. The minimum absolute atomic E-state index is 0.293. The van der Waals surface area contributed by atoms with Crippen molar-refractivity contribution in [2.45, 2.75) is 0 Å². The first-order chi connectivity index (χ1) is 8.69. The second-order valence-corrected chi connectivity index (χ2v) is 5.36. The van der Waals surface area contributed by atoms with E-state index in [1.54, 1.807) is 16.2 Å². The molecule has 0 atom stereocenters. The summed E-state index contributed by atoms with van der Waals surface area (Å²) in [5.41, 5.74) is 0. The number of halogens is 1. The van der Waals surface area contributed by atoms with Crippen LogP contribution in [0.3, 0.4) is 0 Å². The Morgan fingerprint density at radius 2 is 2.33 bits per heavy atom. The van der Waals surface area contributed by atoms with Crippen LogP contribution in [0.5, 0.6) is 0 Å². The van der Waals surface area contributed by atoms with Crippen molar-refractivity contribution >= 4 is 43.9 Å². The molecule has 0 aliphatic carbocycles. The van der Waals surface area contributed by atoms with Crippen LogP contribution in [0, 0.1) is 11.3 Å². The van der Waals surface area contributed by atoms with Gasteiger partial charge >= 0.3 is 0 Å². The molecule has 0 bridgehead atoms. The van der Waals surface area contributed by atoms with E-state index in [4.69, 9.17) is 5.26 Å². The molecule has 0 aliphatic heterocycles. The second-order valence-electron chi connectivity index (χ2n) is 3.53. The van der Waals surface area contributed by atoms with Crippen LogP contribution in [0.15, 0.2) is 28.3 Å². The molecule has 0 saturated heterocycles. The Morgan fingerprint density at radius 3 is 3.00 bits per heavy atom. The largest absolute Gasteiger partial charge is 0.346 e. The first-order valence-corrected chi connectivity index (χ1v) is 6.77. The van der Waals surface area contributed by atoms with E-state index in [-0.39, 0.29) is 0 Å². The van der Waals surface area contributed by atoms with Gasteiger partial charge in [0.2, 0.25) is 0 Å². The molecule has 2 aromatic heterocycles. The van der Waals surface area contributed by atoms with Crippen molar-refractivity contribution in [3.8, 4) is 6.07 Å². The highest BCUT2D eigenvalue weighted by Gasteiger charge is 2.05. The number of hydrogen-bond donors (Lipinski definition) is 1. The second kappa shape index (κ2) is 5.80. The zero-order valence-corrected chi connectivity index (χ0v) is 12.0. The zero-order chi connectivity index (χ0) is 13.0. The van der Waals surface area contributed by atoms with E-state index in [1.807, 2.05) is 24.6 Å². The highest BCUT2D eigenvalue weighted by molar-refractivity contribution is 9.10. The van der Waals surface area contributed by atoms with Gasteiger partial charge in [-0.05, 0) is 22.0 Å². The average Bonchev–Trinajstić information content (AvgIpc) is 2.75. The molecule has 5 nitrogen and oxygen atoms in total. The fourth-order valence-corrected chi connectivity index (χ4v) is 2.64. The number of anilines is 3. The van der Waals surface area contributed by atoms with Crippen LogP contribution in [0.1, 0.15) is 0 Å². The molecule has 18 heavy (non-hydrogen) atoms. The molecule has 1 N–H and O–H groups in total. The van der Waals surface area contributed by atoms with Gasteiger partial charge in [-0.15, -0.1) is 11.3 Å². The zero-order valence-electron chi connectivity index (χ0n) is 9.59. The highest BCUT2D eigenvalue weighted by Crippen LogP contribution is 2.27. The smallest absolute Gasteiger partial charge is 0.136 e. The van der Waals surface area contributed by atoms with Crippen LogP contribution >= 0.6 is 27.3 Å². The fourth-order valence-electron chi connectivity index (χ4n) is 1.32. The summed E-state index contributed by atoms with van der Waals surface area (Å²) in [6.45, 7) is 0.293. The lowest BCUT2D eigenvalue weighted by Gasteiger charge is -2.14. The molecule has 0 amide bonds. The summed E-state index contributed by atoms with van der Waals surface area (Å²) in [6.07, 6.45) is 1.48. The predicted octanol–water partition coefficient (Wildman–Crippen LogP) is 3.00. The molecule has 0 aromatic carbocycles. The average molecular weight is 324 g/mol. The molecule has 0 unspecified atom stereocenters. The molecule has 2 rings (SSSR count). The SMILES string of the molecule is CN(CC#N)c1cc(Nc2cc(Br)cs2)ncn1. The van der Waals surface area contributed by atoms with E-state index < -0.39 is 0 Å². The number of nitriles is 1. The monoisotopic (exact) mass is 323 g/mol. The molecule has 0 saturated carbocycles. The molecule has 0 spiro atoms. The maximum atomic E-state index is 8.65. The number of rotatable bonds is 4. The number of hydrogen-bond acceptors (Lipinski definition) is 6. The maximum Gasteiger partial charge on any atom is 0.136 e. The van der Waals surface area contributed by atoms with Crippen LogP contribution in [0.25, 0.3) is 0 Å². The Hall–Kier alpha value is -1.65. The van der Waals surface area contributed by atoms with Gasteiger partial charge in [0, 0.05) is 23.0 Å². The minimum atomic E-state index is 0.293. The van der Waals surface area contributed by atoms with Gasteiger partial charge in [-0.1, -0.05) is 0 Å². The molecule has 92 valence electrons. The Morgan fingerprint density at radius 1 is 1.50 bits per heavy atom. The normalized spacial score (nSPS) is 9.83. The standard InChI is InChI=1S/C11H10BrN5S/c1-17(3-2-13)10-5-9(14-7-15-10)16-11-4-8(12)6-18-11/h4-7H,3H2,1H3,(H,14,15,16). The molecule has 2 heterocycles. The third-order valence-electron chi connectivity index (χ3n) is 2.17. The Balaban J connectivity index is 2.15. The van der Waals surface area contributed by atoms with Crippen LogP contribution in [0.2, 0.25) is 0 Å². The fraction of sp³-hybridized carbons (Fsp3) is 0.182. The molecular formula is C11H10BrN5S. The first-order valence-electron chi connectivity index (χ1n) is 5.10. The van der Waals surface area contributed by atoms with Gasteiger partial charge in [0.05, 0.1) is 11.1 Å². The predicted molar refractivity (Wildman–Crippen MR) is 76.2 cm³/mol. The van der Waals surface area contributed by atoms with Crippen molar-refractivity contribution < 1.29 is 0 Å². The number of aromatic nitrogens is 2. The summed E-state index contributed by atoms with van der Waals surface area (Å²) in [6, 6.07) is 5.87. The number of nitrogens with one attached hydrogen (secondary N) is 1. The quantitative estimate of drug-likeness (QED) is 0.876. The highest BCUT2D eigenvalue weighted by atomic mass is 79.9. The molecular weight excluding hydrogens is 314 g/mol. The van der Waals surface area contributed by atoms with Crippen molar-refractivity contribution in [2.24, 2.45) is 0 Å². The number of thiophene rings is 1. The summed E-state index contributed by atoms with van der Waals surface area (Å²) in [7, 11) is 1.82. The summed E-state index contributed by atoms with van der Waals surface area (Å²) in [4.78, 5) is 10.0. The lowest BCUT2D eigenvalue weighted by molar-refractivity contribution is 0.981. The van der Waals surface area contributed by atoms with Gasteiger partial charge in [-0.25, -0.2) is 9.97 Å². The van der Waals surface area contributed by atoms with Gasteiger partial charge < -0.3 is 10.2 Å². The summed E-state index contributed by atoms with van der Waals surface area (Å²) in [5.74, 6) is 1.42. The first kappa shape index (κ1) is 12.8. The summed E-state index contributed by atoms with van der Waals surface area (Å²) in [5, 5.41) is 14.8. The molecule has 0 radical (unpaired) electrons. The molecule has 2 aromatic rings.